The Kier molecular flexibility index (Phi) is 3.92. The fraction of sp³-hybridized carbons (Fsp3) is 0.235. The summed E-state index contributed by atoms with van der Waals surface area (Å²) in [7, 11) is 0. The molecule has 1 saturated heterocycles. The fourth-order valence-electron chi connectivity index (χ4n) is 3.42. The van der Waals surface area contributed by atoms with Crippen molar-refractivity contribution in [1.82, 2.24) is 9.88 Å². The number of carbonyl (C=O) groups excluding carboxylic acids is 2. The topological polar surface area (TPSA) is 74.3 Å². The van der Waals surface area contributed by atoms with Crippen molar-refractivity contribution in [2.75, 3.05) is 23.7 Å². The van der Waals surface area contributed by atoms with Crippen LogP contribution in [0.1, 0.15) is 6.42 Å². The summed E-state index contributed by atoms with van der Waals surface area (Å²) < 4.78 is 14.7. The SMILES string of the molecule is C=CC(=O)N1CCC2(C1)Nc1c(cnc3c(F)c(Br)c(Cl)cc13)NC2=O. The van der Waals surface area contributed by atoms with Crippen LogP contribution in [0.5, 0.6) is 0 Å². The molecular weight excluding hydrogens is 427 g/mol. The normalized spacial score (nSPS) is 21.5. The monoisotopic (exact) mass is 438 g/mol. The predicted octanol–water partition coefficient (Wildman–Crippen LogP) is 3.31. The molecule has 1 atom stereocenters. The van der Waals surface area contributed by atoms with Crippen LogP contribution in [0.15, 0.2) is 29.4 Å². The number of benzene rings is 1. The third-order valence-electron chi connectivity index (χ3n) is 4.80. The lowest BCUT2D eigenvalue weighted by atomic mass is 9.93. The van der Waals surface area contributed by atoms with E-state index in [1.165, 1.54) is 12.3 Å². The van der Waals surface area contributed by atoms with E-state index < -0.39 is 11.4 Å². The quantitative estimate of drug-likeness (QED) is 0.528. The molecule has 4 rings (SSSR count). The fourth-order valence-corrected chi connectivity index (χ4v) is 3.92. The van der Waals surface area contributed by atoms with Gasteiger partial charge in [0.15, 0.2) is 5.82 Å². The lowest BCUT2D eigenvalue weighted by Gasteiger charge is -2.36. The van der Waals surface area contributed by atoms with Gasteiger partial charge in [-0.25, -0.2) is 4.39 Å². The molecule has 9 heteroatoms. The molecule has 6 nitrogen and oxygen atoms in total. The van der Waals surface area contributed by atoms with Crippen LogP contribution in [0.4, 0.5) is 15.8 Å². The number of amides is 2. The molecule has 0 bridgehead atoms. The van der Waals surface area contributed by atoms with E-state index in [1.807, 2.05) is 0 Å². The summed E-state index contributed by atoms with van der Waals surface area (Å²) in [5.41, 5.74) is 0.127. The highest BCUT2D eigenvalue weighted by Crippen LogP contribution is 2.42. The number of hydrogen-bond donors (Lipinski definition) is 2. The molecule has 2 aromatic rings. The van der Waals surface area contributed by atoms with Gasteiger partial charge in [0.1, 0.15) is 11.1 Å². The molecule has 0 aliphatic carbocycles. The zero-order valence-corrected chi connectivity index (χ0v) is 15.7. The van der Waals surface area contributed by atoms with Crippen molar-refractivity contribution in [3.63, 3.8) is 0 Å². The first kappa shape index (κ1) is 17.2. The van der Waals surface area contributed by atoms with Crippen molar-refractivity contribution >= 4 is 61.6 Å². The van der Waals surface area contributed by atoms with Crippen LogP contribution in [-0.4, -0.2) is 40.3 Å². The number of rotatable bonds is 1. The average Bonchev–Trinajstić information content (AvgIpc) is 3.05. The number of carbonyl (C=O) groups is 2. The van der Waals surface area contributed by atoms with Crippen LogP contribution < -0.4 is 10.6 Å². The maximum Gasteiger partial charge on any atom is 0.252 e. The van der Waals surface area contributed by atoms with Gasteiger partial charge in [-0.3, -0.25) is 14.6 Å². The van der Waals surface area contributed by atoms with Crippen molar-refractivity contribution in [2.24, 2.45) is 0 Å². The molecule has 2 aliphatic rings. The Morgan fingerprint density at radius 1 is 1.54 bits per heavy atom. The molecule has 0 radical (unpaired) electrons. The molecule has 26 heavy (non-hydrogen) atoms. The highest BCUT2D eigenvalue weighted by atomic mass is 79.9. The van der Waals surface area contributed by atoms with Gasteiger partial charge in [-0.1, -0.05) is 18.2 Å². The molecule has 1 fully saturated rings. The van der Waals surface area contributed by atoms with Crippen LogP contribution in [0, 0.1) is 5.82 Å². The standard InChI is InChI=1S/C17H13BrClFN4O2/c1-2-11(25)24-4-3-17(7-24)16(26)22-10-6-21-15-8(14(10)23-17)5-9(19)12(18)13(15)20/h2,5-6,23H,1,3-4,7H2,(H,22,26). The van der Waals surface area contributed by atoms with Gasteiger partial charge >= 0.3 is 0 Å². The number of aromatic nitrogens is 1. The van der Waals surface area contributed by atoms with Crippen molar-refractivity contribution in [2.45, 2.75) is 12.0 Å². The highest BCUT2D eigenvalue weighted by molar-refractivity contribution is 9.10. The molecule has 134 valence electrons. The number of likely N-dealkylation sites (tertiary alicyclic amines) is 1. The first-order valence-corrected chi connectivity index (χ1v) is 9.00. The summed E-state index contributed by atoms with van der Waals surface area (Å²) >= 11 is 9.21. The average molecular weight is 440 g/mol. The van der Waals surface area contributed by atoms with Gasteiger partial charge in [-0.2, -0.15) is 0 Å². The second-order valence-corrected chi connectivity index (χ2v) is 7.50. The number of pyridine rings is 1. The second kappa shape index (κ2) is 5.92. The summed E-state index contributed by atoms with van der Waals surface area (Å²) in [6.45, 7) is 4.10. The van der Waals surface area contributed by atoms with E-state index in [4.69, 9.17) is 11.6 Å². The van der Waals surface area contributed by atoms with Crippen molar-refractivity contribution in [1.29, 1.82) is 0 Å². The highest BCUT2D eigenvalue weighted by Gasteiger charge is 2.48. The first-order chi connectivity index (χ1) is 12.4. The van der Waals surface area contributed by atoms with Crippen LogP contribution in [0.25, 0.3) is 10.9 Å². The van der Waals surface area contributed by atoms with E-state index in [-0.39, 0.29) is 33.4 Å². The summed E-state index contributed by atoms with van der Waals surface area (Å²) in [5, 5.41) is 6.70. The van der Waals surface area contributed by atoms with E-state index in [2.05, 4.69) is 38.1 Å². The number of fused-ring (bicyclic) bond motifs is 3. The number of halogens is 3. The summed E-state index contributed by atoms with van der Waals surface area (Å²) in [4.78, 5) is 30.2. The largest absolute Gasteiger partial charge is 0.367 e. The summed E-state index contributed by atoms with van der Waals surface area (Å²) in [6.07, 6.45) is 3.05. The van der Waals surface area contributed by atoms with E-state index in [9.17, 15) is 14.0 Å². The Bertz CT molecular complexity index is 999. The lowest BCUT2D eigenvalue weighted by Crippen LogP contribution is -2.54. The van der Waals surface area contributed by atoms with Gasteiger partial charge < -0.3 is 15.5 Å². The number of nitrogens with zero attached hydrogens (tertiary/aromatic N) is 2. The van der Waals surface area contributed by atoms with Crippen molar-refractivity contribution in [3.8, 4) is 0 Å². The Morgan fingerprint density at radius 3 is 3.04 bits per heavy atom. The molecule has 2 aliphatic heterocycles. The number of nitrogens with one attached hydrogen (secondary N) is 2. The van der Waals surface area contributed by atoms with E-state index in [0.717, 1.165) is 0 Å². The van der Waals surface area contributed by atoms with Gasteiger partial charge in [-0.05, 0) is 34.5 Å². The van der Waals surface area contributed by atoms with Gasteiger partial charge in [0, 0.05) is 11.9 Å². The van der Waals surface area contributed by atoms with Gasteiger partial charge in [0.05, 0.1) is 33.6 Å². The summed E-state index contributed by atoms with van der Waals surface area (Å²) in [6, 6.07) is 1.59. The van der Waals surface area contributed by atoms with E-state index in [1.54, 1.807) is 11.0 Å². The minimum atomic E-state index is -0.990. The summed E-state index contributed by atoms with van der Waals surface area (Å²) in [5.74, 6) is -1.06. The number of hydrogen-bond acceptors (Lipinski definition) is 4. The van der Waals surface area contributed by atoms with Crippen LogP contribution in [0.2, 0.25) is 5.02 Å². The van der Waals surface area contributed by atoms with Crippen LogP contribution in [-0.2, 0) is 9.59 Å². The van der Waals surface area contributed by atoms with Crippen molar-refractivity contribution < 1.29 is 14.0 Å². The Balaban J connectivity index is 1.83. The van der Waals surface area contributed by atoms with E-state index >= 15 is 0 Å². The first-order valence-electron chi connectivity index (χ1n) is 7.83. The van der Waals surface area contributed by atoms with Crippen LogP contribution >= 0.6 is 27.5 Å². The predicted molar refractivity (Wildman–Crippen MR) is 101 cm³/mol. The molecular formula is C17H13BrClFN4O2. The minimum Gasteiger partial charge on any atom is -0.367 e. The third-order valence-corrected chi connectivity index (χ3v) is 6.10. The molecule has 1 aromatic carbocycles. The Labute approximate surface area is 161 Å². The molecule has 1 spiro atoms. The Morgan fingerprint density at radius 2 is 2.31 bits per heavy atom. The van der Waals surface area contributed by atoms with Gasteiger partial charge in [0.2, 0.25) is 5.91 Å². The second-order valence-electron chi connectivity index (χ2n) is 6.30. The van der Waals surface area contributed by atoms with E-state index in [0.29, 0.717) is 29.7 Å². The molecule has 3 heterocycles. The van der Waals surface area contributed by atoms with Crippen LogP contribution in [0.3, 0.4) is 0 Å². The molecule has 0 saturated carbocycles. The van der Waals surface area contributed by atoms with Crippen molar-refractivity contribution in [3.05, 3.63) is 40.2 Å². The maximum atomic E-state index is 14.5. The Hall–Kier alpha value is -2.19. The smallest absolute Gasteiger partial charge is 0.252 e. The van der Waals surface area contributed by atoms with Gasteiger partial charge in [0.25, 0.3) is 5.91 Å². The molecule has 2 N–H and O–H groups in total. The third kappa shape index (κ3) is 2.39. The number of anilines is 2. The zero-order valence-electron chi connectivity index (χ0n) is 13.4. The van der Waals surface area contributed by atoms with Gasteiger partial charge in [-0.15, -0.1) is 0 Å². The zero-order chi connectivity index (χ0) is 18.6. The lowest BCUT2D eigenvalue weighted by molar-refractivity contribution is -0.125. The molecule has 2 amide bonds. The molecule has 1 aromatic heterocycles. The maximum absolute atomic E-state index is 14.5. The molecule has 1 unspecified atom stereocenters. The minimum absolute atomic E-state index is 0.135.